The summed E-state index contributed by atoms with van der Waals surface area (Å²) in [7, 11) is -9.83. The van der Waals surface area contributed by atoms with Crippen LogP contribution in [-0.4, -0.2) is 31.5 Å². The SMILES string of the molecule is CP(=O)(O)C(O)(C[n+]1cccc(F)c1)P(=O)(O)O. The van der Waals surface area contributed by atoms with E-state index in [0.29, 0.717) is 6.66 Å². The molecule has 102 valence electrons. The van der Waals surface area contributed by atoms with Crippen LogP contribution < -0.4 is 4.57 Å². The Bertz CT molecular complexity index is 516. The van der Waals surface area contributed by atoms with Gasteiger partial charge in [-0.25, -0.2) is 4.39 Å². The standard InChI is InChI=1S/C8H12FNO6P2/c1-17(12,13)8(11,18(14,15)16)6-10-4-2-3-7(9)5-10/h2-5,11H,6H2,1H3,(H2-,12,13,14,15,16)/p+1. The molecule has 0 aliphatic carbocycles. The monoisotopic (exact) mass is 300 g/mol. The van der Waals surface area contributed by atoms with Crippen LogP contribution in [0.15, 0.2) is 24.5 Å². The van der Waals surface area contributed by atoms with Crippen LogP contribution in [0.1, 0.15) is 0 Å². The number of aliphatic hydroxyl groups is 1. The van der Waals surface area contributed by atoms with Crippen molar-refractivity contribution in [3.63, 3.8) is 0 Å². The summed E-state index contributed by atoms with van der Waals surface area (Å²) in [6.45, 7) is -0.273. The first-order valence-electron chi connectivity index (χ1n) is 4.70. The van der Waals surface area contributed by atoms with Crippen LogP contribution in [0.3, 0.4) is 0 Å². The molecule has 0 aromatic carbocycles. The molecule has 0 aliphatic rings. The number of hydrogen-bond donors (Lipinski definition) is 4. The maximum Gasteiger partial charge on any atom is 0.373 e. The zero-order valence-corrected chi connectivity index (χ0v) is 11.1. The smallest absolute Gasteiger partial charge is 0.365 e. The van der Waals surface area contributed by atoms with Gasteiger partial charge in [0.15, 0.2) is 18.6 Å². The third kappa shape index (κ3) is 3.03. The molecule has 0 amide bonds. The summed E-state index contributed by atoms with van der Waals surface area (Å²) in [5.74, 6) is -0.713. The van der Waals surface area contributed by atoms with Crippen molar-refractivity contribution in [1.29, 1.82) is 0 Å². The zero-order chi connectivity index (χ0) is 14.2. The van der Waals surface area contributed by atoms with E-state index in [1.54, 1.807) is 0 Å². The quantitative estimate of drug-likeness (QED) is 0.453. The normalized spacial score (nSPS) is 19.0. The van der Waals surface area contributed by atoms with Crippen LogP contribution in [0, 0.1) is 5.82 Å². The van der Waals surface area contributed by atoms with Crippen LogP contribution >= 0.6 is 15.0 Å². The Hall–Kier alpha value is -0.620. The average molecular weight is 300 g/mol. The van der Waals surface area contributed by atoms with Crippen LogP contribution in [0.5, 0.6) is 0 Å². The van der Waals surface area contributed by atoms with E-state index < -0.39 is 32.4 Å². The van der Waals surface area contributed by atoms with Gasteiger partial charge in [-0.3, -0.25) is 9.13 Å². The molecule has 1 aromatic heterocycles. The summed E-state index contributed by atoms with van der Waals surface area (Å²) in [5, 5.41) is 6.65. The molecule has 4 N–H and O–H groups in total. The largest absolute Gasteiger partial charge is 0.373 e. The summed E-state index contributed by atoms with van der Waals surface area (Å²) in [4.78, 5) is 27.4. The van der Waals surface area contributed by atoms with Gasteiger partial charge in [-0.1, -0.05) is 0 Å². The van der Waals surface area contributed by atoms with Gasteiger partial charge in [-0.15, -0.1) is 0 Å². The predicted molar refractivity (Wildman–Crippen MR) is 59.3 cm³/mol. The van der Waals surface area contributed by atoms with Crippen molar-refractivity contribution >= 4 is 15.0 Å². The summed E-state index contributed by atoms with van der Waals surface area (Å²) in [5.41, 5.74) is 0. The Morgan fingerprint density at radius 1 is 1.39 bits per heavy atom. The highest BCUT2D eigenvalue weighted by molar-refractivity contribution is 7.74. The Labute approximate surface area is 102 Å². The fourth-order valence-corrected chi connectivity index (χ4v) is 4.01. The van der Waals surface area contributed by atoms with Gasteiger partial charge in [-0.05, 0) is 6.07 Å². The molecule has 1 heterocycles. The molecular weight excluding hydrogens is 287 g/mol. The molecule has 0 fully saturated rings. The minimum Gasteiger partial charge on any atom is -0.365 e. The summed E-state index contributed by atoms with van der Waals surface area (Å²) >= 11 is 0. The van der Waals surface area contributed by atoms with E-state index in [-0.39, 0.29) is 0 Å². The molecule has 0 spiro atoms. The topological polar surface area (TPSA) is 119 Å². The highest BCUT2D eigenvalue weighted by Crippen LogP contribution is 2.67. The molecule has 0 aliphatic heterocycles. The lowest BCUT2D eigenvalue weighted by molar-refractivity contribution is -0.704. The van der Waals surface area contributed by atoms with E-state index in [0.717, 1.165) is 16.8 Å². The first-order valence-corrected chi connectivity index (χ1v) is 8.42. The third-order valence-corrected chi connectivity index (χ3v) is 6.79. The Kier molecular flexibility index (Phi) is 4.13. The van der Waals surface area contributed by atoms with Crippen molar-refractivity contribution in [2.45, 2.75) is 11.6 Å². The van der Waals surface area contributed by atoms with Crippen LogP contribution in [-0.2, 0) is 15.7 Å². The fourth-order valence-electron chi connectivity index (χ4n) is 1.30. The summed E-state index contributed by atoms with van der Waals surface area (Å²) in [6.07, 6.45) is 2.05. The summed E-state index contributed by atoms with van der Waals surface area (Å²) < 4.78 is 36.5. The van der Waals surface area contributed by atoms with Gasteiger partial charge in [0.05, 0.1) is 0 Å². The second-order valence-corrected chi connectivity index (χ2v) is 8.57. The molecule has 0 radical (unpaired) electrons. The molecule has 2 unspecified atom stereocenters. The van der Waals surface area contributed by atoms with Crippen molar-refractivity contribution in [2.75, 3.05) is 6.66 Å². The highest BCUT2D eigenvalue weighted by atomic mass is 31.2. The number of hydrogen-bond acceptors (Lipinski definition) is 3. The van der Waals surface area contributed by atoms with E-state index in [2.05, 4.69) is 0 Å². The third-order valence-electron chi connectivity index (χ3n) is 2.35. The zero-order valence-electron chi connectivity index (χ0n) is 9.34. The van der Waals surface area contributed by atoms with Crippen molar-refractivity contribution < 1.29 is 37.9 Å². The Morgan fingerprint density at radius 2 is 1.94 bits per heavy atom. The number of aromatic nitrogens is 1. The number of rotatable bonds is 4. The predicted octanol–water partition coefficient (Wildman–Crippen LogP) is -0.163. The van der Waals surface area contributed by atoms with Crippen molar-refractivity contribution in [3.05, 3.63) is 30.3 Å². The van der Waals surface area contributed by atoms with E-state index in [4.69, 9.17) is 9.79 Å². The van der Waals surface area contributed by atoms with Crippen molar-refractivity contribution in [2.24, 2.45) is 0 Å². The maximum atomic E-state index is 12.9. The molecule has 1 rings (SSSR count). The van der Waals surface area contributed by atoms with E-state index >= 15 is 0 Å². The number of nitrogens with zero attached hydrogens (tertiary/aromatic N) is 1. The maximum absolute atomic E-state index is 12.9. The molecule has 2 atom stereocenters. The van der Waals surface area contributed by atoms with E-state index in [1.807, 2.05) is 0 Å². The average Bonchev–Trinajstić information content (AvgIpc) is 2.13. The van der Waals surface area contributed by atoms with E-state index in [1.165, 1.54) is 12.3 Å². The van der Waals surface area contributed by atoms with Gasteiger partial charge in [0, 0.05) is 12.7 Å². The second kappa shape index (κ2) is 4.81. The van der Waals surface area contributed by atoms with Gasteiger partial charge in [0.2, 0.25) is 13.6 Å². The van der Waals surface area contributed by atoms with Gasteiger partial charge in [-0.2, -0.15) is 4.57 Å². The minimum atomic E-state index is -5.29. The first kappa shape index (κ1) is 15.4. The molecule has 0 saturated carbocycles. The molecule has 18 heavy (non-hydrogen) atoms. The molecule has 0 bridgehead atoms. The first-order chi connectivity index (χ1) is 7.97. The lowest BCUT2D eigenvalue weighted by Gasteiger charge is -2.27. The van der Waals surface area contributed by atoms with Gasteiger partial charge in [0.25, 0.3) is 0 Å². The van der Waals surface area contributed by atoms with Gasteiger partial charge >= 0.3 is 12.7 Å². The highest BCUT2D eigenvalue weighted by Gasteiger charge is 2.60. The summed E-state index contributed by atoms with van der Waals surface area (Å²) in [6, 6.07) is 2.31. The molecule has 10 heteroatoms. The van der Waals surface area contributed by atoms with Crippen LogP contribution in [0.2, 0.25) is 0 Å². The Balaban J connectivity index is 3.25. The van der Waals surface area contributed by atoms with Crippen molar-refractivity contribution in [3.8, 4) is 0 Å². The van der Waals surface area contributed by atoms with Gasteiger partial charge < -0.3 is 19.8 Å². The Morgan fingerprint density at radius 3 is 2.33 bits per heavy atom. The molecule has 7 nitrogen and oxygen atoms in total. The lowest BCUT2D eigenvalue weighted by atomic mass is 10.4. The second-order valence-electron chi connectivity index (χ2n) is 3.89. The lowest BCUT2D eigenvalue weighted by Crippen LogP contribution is -2.47. The van der Waals surface area contributed by atoms with Crippen LogP contribution in [0.4, 0.5) is 4.39 Å². The number of pyridine rings is 1. The number of halogens is 1. The van der Waals surface area contributed by atoms with E-state index in [9.17, 15) is 23.5 Å². The fraction of sp³-hybridized carbons (Fsp3) is 0.375. The van der Waals surface area contributed by atoms with Crippen LogP contribution in [0.25, 0.3) is 0 Å². The van der Waals surface area contributed by atoms with Crippen molar-refractivity contribution in [1.82, 2.24) is 0 Å². The minimum absolute atomic E-state index is 0.631. The molecular formula is C8H13FNO6P2+. The molecule has 1 aromatic rings. The van der Waals surface area contributed by atoms with Gasteiger partial charge in [0.1, 0.15) is 0 Å². The molecule has 0 saturated heterocycles.